The topological polar surface area (TPSA) is 49.8 Å². The maximum Gasteiger partial charge on any atom is 0.130 e. The summed E-state index contributed by atoms with van der Waals surface area (Å²) in [4.78, 5) is 8.80. The Morgan fingerprint density at radius 2 is 2.17 bits per heavy atom. The summed E-state index contributed by atoms with van der Waals surface area (Å²) >= 11 is 0. The number of aryl methyl sites for hydroxylation is 2. The minimum Gasteiger partial charge on any atom is -0.367 e. The number of piperidine rings is 1. The molecule has 2 heterocycles. The summed E-state index contributed by atoms with van der Waals surface area (Å²) in [5.74, 6) is 1.84. The fraction of sp³-hybridized carbons (Fsp3) is 0.714. The Hall–Kier alpha value is -1.16. The molecule has 2 fully saturated rings. The van der Waals surface area contributed by atoms with Gasteiger partial charge in [0.05, 0.1) is 0 Å². The van der Waals surface area contributed by atoms with Gasteiger partial charge in [0, 0.05) is 23.3 Å². The number of rotatable bonds is 2. The molecule has 0 bridgehead atoms. The molecule has 4 nitrogen and oxygen atoms in total. The molecule has 1 saturated carbocycles. The van der Waals surface area contributed by atoms with Crippen molar-refractivity contribution in [3.63, 3.8) is 0 Å². The minimum atomic E-state index is 0.438. The van der Waals surface area contributed by atoms with Gasteiger partial charge in [-0.25, -0.2) is 9.97 Å². The first kappa shape index (κ1) is 11.9. The molecule has 1 aliphatic heterocycles. The van der Waals surface area contributed by atoms with Crippen LogP contribution in [0, 0.1) is 13.8 Å². The van der Waals surface area contributed by atoms with Crippen LogP contribution in [0.3, 0.4) is 0 Å². The highest BCUT2D eigenvalue weighted by atomic mass is 15.1. The fourth-order valence-corrected chi connectivity index (χ4v) is 3.27. The van der Waals surface area contributed by atoms with Crippen LogP contribution in [0.2, 0.25) is 0 Å². The van der Waals surface area contributed by atoms with Gasteiger partial charge in [-0.2, -0.15) is 0 Å². The normalized spacial score (nSPS) is 25.8. The number of aromatic nitrogens is 2. The molecular formula is C14H22N4. The third-order valence-electron chi connectivity index (χ3n) is 4.26. The van der Waals surface area contributed by atoms with Crippen LogP contribution in [0.5, 0.6) is 0 Å². The molecule has 98 valence electrons. The average molecular weight is 246 g/mol. The van der Waals surface area contributed by atoms with Crippen molar-refractivity contribution in [2.75, 3.05) is 11.9 Å². The van der Waals surface area contributed by atoms with E-state index in [9.17, 15) is 0 Å². The highest BCUT2D eigenvalue weighted by molar-refractivity contribution is 5.37. The molecule has 0 radical (unpaired) electrons. The van der Waals surface area contributed by atoms with E-state index < -0.39 is 0 Å². The smallest absolute Gasteiger partial charge is 0.130 e. The largest absolute Gasteiger partial charge is 0.367 e. The molecule has 18 heavy (non-hydrogen) atoms. The first-order valence-electron chi connectivity index (χ1n) is 6.99. The van der Waals surface area contributed by atoms with Gasteiger partial charge in [0.15, 0.2) is 0 Å². The lowest BCUT2D eigenvalue weighted by atomic mass is 9.70. The summed E-state index contributed by atoms with van der Waals surface area (Å²) < 4.78 is 0. The third-order valence-corrected chi connectivity index (χ3v) is 4.26. The van der Waals surface area contributed by atoms with Gasteiger partial charge in [0.25, 0.3) is 0 Å². The predicted octanol–water partition coefficient (Wildman–Crippen LogP) is 2.18. The quantitative estimate of drug-likeness (QED) is 0.840. The van der Waals surface area contributed by atoms with Crippen LogP contribution < -0.4 is 10.6 Å². The molecule has 1 spiro atoms. The van der Waals surface area contributed by atoms with Gasteiger partial charge in [0.1, 0.15) is 11.6 Å². The number of hydrogen-bond acceptors (Lipinski definition) is 4. The predicted molar refractivity (Wildman–Crippen MR) is 72.7 cm³/mol. The summed E-state index contributed by atoms with van der Waals surface area (Å²) in [7, 11) is 0. The zero-order valence-corrected chi connectivity index (χ0v) is 11.3. The van der Waals surface area contributed by atoms with Crippen LogP contribution in [0.15, 0.2) is 6.07 Å². The number of nitrogens with one attached hydrogen (secondary N) is 2. The van der Waals surface area contributed by atoms with E-state index in [2.05, 4.69) is 20.6 Å². The van der Waals surface area contributed by atoms with E-state index in [-0.39, 0.29) is 0 Å². The average Bonchev–Trinajstić information content (AvgIpc) is 2.26. The van der Waals surface area contributed by atoms with Crippen LogP contribution in [-0.2, 0) is 0 Å². The van der Waals surface area contributed by atoms with E-state index in [1.54, 1.807) is 0 Å². The Bertz CT molecular complexity index is 419. The Balaban J connectivity index is 1.68. The summed E-state index contributed by atoms with van der Waals surface area (Å²) in [5.41, 5.74) is 1.48. The molecule has 1 atom stereocenters. The third kappa shape index (κ3) is 2.34. The molecule has 3 rings (SSSR count). The van der Waals surface area contributed by atoms with E-state index in [0.717, 1.165) is 23.9 Å². The van der Waals surface area contributed by atoms with Crippen LogP contribution in [0.4, 0.5) is 5.82 Å². The van der Waals surface area contributed by atoms with Crippen molar-refractivity contribution in [1.82, 2.24) is 15.3 Å². The van der Waals surface area contributed by atoms with Crippen molar-refractivity contribution in [1.29, 1.82) is 0 Å². The first-order chi connectivity index (χ1) is 8.65. The second-order valence-electron chi connectivity index (χ2n) is 5.84. The van der Waals surface area contributed by atoms with Crippen LogP contribution in [0.25, 0.3) is 0 Å². The molecule has 2 aliphatic rings. The lowest BCUT2D eigenvalue weighted by molar-refractivity contribution is 0.135. The second kappa shape index (κ2) is 4.50. The van der Waals surface area contributed by atoms with Gasteiger partial charge < -0.3 is 10.6 Å². The molecule has 1 aromatic rings. The number of anilines is 1. The Labute approximate surface area is 109 Å². The van der Waals surface area contributed by atoms with E-state index in [1.807, 2.05) is 19.9 Å². The minimum absolute atomic E-state index is 0.438. The van der Waals surface area contributed by atoms with Crippen molar-refractivity contribution in [3.05, 3.63) is 17.6 Å². The molecule has 1 aliphatic carbocycles. The first-order valence-corrected chi connectivity index (χ1v) is 6.99. The second-order valence-corrected chi connectivity index (χ2v) is 5.84. The molecule has 1 unspecified atom stereocenters. The Morgan fingerprint density at radius 1 is 1.33 bits per heavy atom. The van der Waals surface area contributed by atoms with Crippen molar-refractivity contribution in [2.45, 2.75) is 57.5 Å². The van der Waals surface area contributed by atoms with Crippen LogP contribution in [-0.4, -0.2) is 28.1 Å². The van der Waals surface area contributed by atoms with Crippen molar-refractivity contribution >= 4 is 5.82 Å². The van der Waals surface area contributed by atoms with Crippen LogP contribution >= 0.6 is 0 Å². The van der Waals surface area contributed by atoms with Gasteiger partial charge >= 0.3 is 0 Å². The molecular weight excluding hydrogens is 224 g/mol. The van der Waals surface area contributed by atoms with Gasteiger partial charge in [-0.15, -0.1) is 0 Å². The van der Waals surface area contributed by atoms with Gasteiger partial charge in [0.2, 0.25) is 0 Å². The lowest BCUT2D eigenvalue weighted by Gasteiger charge is -2.48. The molecule has 0 amide bonds. The maximum atomic E-state index is 4.48. The molecule has 1 aromatic heterocycles. The highest BCUT2D eigenvalue weighted by Crippen LogP contribution is 2.38. The zero-order valence-electron chi connectivity index (χ0n) is 11.3. The highest BCUT2D eigenvalue weighted by Gasteiger charge is 2.40. The Kier molecular flexibility index (Phi) is 2.98. The standard InChI is InChI=1S/C14H22N4/c1-10-8-13(17-11(2)16-10)18-12-4-7-15-14(9-12)5-3-6-14/h8,12,15H,3-7,9H2,1-2H3,(H,16,17,18). The SMILES string of the molecule is Cc1cc(NC2CCNC3(CCC3)C2)nc(C)n1. The monoisotopic (exact) mass is 246 g/mol. The van der Waals surface area contributed by atoms with Crippen molar-refractivity contribution in [2.24, 2.45) is 0 Å². The lowest BCUT2D eigenvalue weighted by Crippen LogP contribution is -2.58. The van der Waals surface area contributed by atoms with E-state index in [4.69, 9.17) is 0 Å². The van der Waals surface area contributed by atoms with Crippen molar-refractivity contribution in [3.8, 4) is 0 Å². The number of nitrogens with zero attached hydrogens (tertiary/aromatic N) is 2. The molecule has 1 saturated heterocycles. The summed E-state index contributed by atoms with van der Waals surface area (Å²) in [6, 6.07) is 2.60. The Morgan fingerprint density at radius 3 is 2.83 bits per heavy atom. The maximum absolute atomic E-state index is 4.48. The molecule has 2 N–H and O–H groups in total. The number of hydrogen-bond donors (Lipinski definition) is 2. The molecule has 4 heteroatoms. The zero-order chi connectivity index (χ0) is 12.6. The molecule has 0 aromatic carbocycles. The van der Waals surface area contributed by atoms with Gasteiger partial charge in [-0.05, 0) is 52.5 Å². The summed E-state index contributed by atoms with van der Waals surface area (Å²) in [6.07, 6.45) is 6.48. The van der Waals surface area contributed by atoms with Crippen molar-refractivity contribution < 1.29 is 0 Å². The van der Waals surface area contributed by atoms with E-state index in [0.29, 0.717) is 11.6 Å². The van der Waals surface area contributed by atoms with E-state index in [1.165, 1.54) is 32.1 Å². The van der Waals surface area contributed by atoms with Crippen LogP contribution in [0.1, 0.15) is 43.6 Å². The fourth-order valence-electron chi connectivity index (χ4n) is 3.27. The van der Waals surface area contributed by atoms with Gasteiger partial charge in [-0.3, -0.25) is 0 Å². The summed E-state index contributed by atoms with van der Waals surface area (Å²) in [6.45, 7) is 5.10. The van der Waals surface area contributed by atoms with Gasteiger partial charge in [-0.1, -0.05) is 0 Å². The summed E-state index contributed by atoms with van der Waals surface area (Å²) in [5, 5.41) is 7.29. The van der Waals surface area contributed by atoms with E-state index >= 15 is 0 Å².